The number of hydrogen-bond acceptors (Lipinski definition) is 5. The molecular weight excluding hydrogens is 268 g/mol. The van der Waals surface area contributed by atoms with Gasteiger partial charge in [0.1, 0.15) is 0 Å². The molecule has 1 aliphatic heterocycles. The molecule has 1 fully saturated rings. The fourth-order valence-corrected chi connectivity index (χ4v) is 2.06. The van der Waals surface area contributed by atoms with Crippen molar-refractivity contribution >= 4 is 18.3 Å². The summed E-state index contributed by atoms with van der Waals surface area (Å²) in [5.41, 5.74) is 0.867. The summed E-state index contributed by atoms with van der Waals surface area (Å²) in [6.07, 6.45) is 0. The van der Waals surface area contributed by atoms with Crippen molar-refractivity contribution in [3.05, 3.63) is 17.5 Å². The number of nitrogens with zero attached hydrogens (tertiary/aromatic N) is 3. The second kappa shape index (κ2) is 7.47. The molecule has 0 unspecified atom stereocenters. The third kappa shape index (κ3) is 4.81. The molecule has 1 aromatic heterocycles. The van der Waals surface area contributed by atoms with Crippen LogP contribution in [0.4, 0.5) is 0 Å². The maximum absolute atomic E-state index is 12.0. The van der Waals surface area contributed by atoms with Crippen LogP contribution < -0.4 is 5.32 Å². The average Bonchev–Trinajstić information content (AvgIpc) is 2.75. The van der Waals surface area contributed by atoms with Crippen LogP contribution in [0.1, 0.15) is 11.5 Å². The van der Waals surface area contributed by atoms with Gasteiger partial charge in [-0.1, -0.05) is 5.16 Å². The second-order valence-corrected chi connectivity index (χ2v) is 4.74. The highest BCUT2D eigenvalue weighted by atomic mass is 35.5. The number of rotatable bonds is 4. The Morgan fingerprint density at radius 2 is 2.21 bits per heavy atom. The fourth-order valence-electron chi connectivity index (χ4n) is 2.06. The molecular formula is C12H21ClN4O2. The maximum Gasteiger partial charge on any atom is 0.236 e. The SMILES string of the molecule is Cc1cc(CN(C)CC(=O)N2CCNCC2)on1.Cl. The zero-order chi connectivity index (χ0) is 13.0. The van der Waals surface area contributed by atoms with Crippen LogP contribution in [-0.2, 0) is 11.3 Å². The van der Waals surface area contributed by atoms with Gasteiger partial charge in [-0.3, -0.25) is 9.69 Å². The van der Waals surface area contributed by atoms with Gasteiger partial charge in [-0.05, 0) is 14.0 Å². The normalized spacial score (nSPS) is 15.4. The van der Waals surface area contributed by atoms with Crippen LogP contribution in [-0.4, -0.2) is 60.6 Å². The van der Waals surface area contributed by atoms with E-state index in [0.717, 1.165) is 37.6 Å². The van der Waals surface area contributed by atoms with E-state index in [2.05, 4.69) is 10.5 Å². The number of carbonyl (C=O) groups is 1. The predicted octanol–water partition coefficient (Wildman–Crippen LogP) is 0.268. The van der Waals surface area contributed by atoms with E-state index in [1.165, 1.54) is 0 Å². The van der Waals surface area contributed by atoms with Crippen molar-refractivity contribution in [3.63, 3.8) is 0 Å². The molecule has 2 heterocycles. The number of piperazine rings is 1. The van der Waals surface area contributed by atoms with E-state index in [1.807, 2.05) is 29.8 Å². The Bertz CT molecular complexity index is 404. The van der Waals surface area contributed by atoms with Crippen LogP contribution in [0.2, 0.25) is 0 Å². The highest BCUT2D eigenvalue weighted by Gasteiger charge is 2.18. The molecule has 0 spiro atoms. The molecule has 1 N–H and O–H groups in total. The minimum absolute atomic E-state index is 0. The first kappa shape index (κ1) is 15.9. The van der Waals surface area contributed by atoms with Crippen LogP contribution in [0.3, 0.4) is 0 Å². The first-order valence-electron chi connectivity index (χ1n) is 6.24. The first-order chi connectivity index (χ1) is 8.65. The molecule has 19 heavy (non-hydrogen) atoms. The molecule has 1 aromatic rings. The lowest BCUT2D eigenvalue weighted by Crippen LogP contribution is -2.49. The molecule has 1 saturated heterocycles. The van der Waals surface area contributed by atoms with Crippen molar-refractivity contribution < 1.29 is 9.32 Å². The van der Waals surface area contributed by atoms with Crippen LogP contribution in [0.25, 0.3) is 0 Å². The molecule has 0 saturated carbocycles. The number of amides is 1. The molecule has 7 heteroatoms. The zero-order valence-electron chi connectivity index (χ0n) is 11.4. The Labute approximate surface area is 119 Å². The van der Waals surface area contributed by atoms with Crippen molar-refractivity contribution in [2.45, 2.75) is 13.5 Å². The van der Waals surface area contributed by atoms with Crippen LogP contribution >= 0.6 is 12.4 Å². The van der Waals surface area contributed by atoms with Gasteiger partial charge >= 0.3 is 0 Å². The summed E-state index contributed by atoms with van der Waals surface area (Å²) < 4.78 is 5.14. The Morgan fingerprint density at radius 3 is 2.79 bits per heavy atom. The third-order valence-corrected chi connectivity index (χ3v) is 2.98. The molecule has 2 rings (SSSR count). The van der Waals surface area contributed by atoms with Gasteiger partial charge in [-0.25, -0.2) is 0 Å². The fraction of sp³-hybridized carbons (Fsp3) is 0.667. The number of hydrogen-bond donors (Lipinski definition) is 1. The summed E-state index contributed by atoms with van der Waals surface area (Å²) >= 11 is 0. The van der Waals surface area contributed by atoms with E-state index < -0.39 is 0 Å². The van der Waals surface area contributed by atoms with E-state index in [-0.39, 0.29) is 18.3 Å². The standard InChI is InChI=1S/C12H20N4O2.ClH/c1-10-7-11(18-14-10)8-15(2)9-12(17)16-5-3-13-4-6-16;/h7,13H,3-6,8-9H2,1-2H3;1H. The van der Waals surface area contributed by atoms with Gasteiger partial charge in [0.25, 0.3) is 0 Å². The van der Waals surface area contributed by atoms with E-state index in [9.17, 15) is 4.79 Å². The molecule has 1 aliphatic rings. The van der Waals surface area contributed by atoms with E-state index in [1.54, 1.807) is 0 Å². The number of halogens is 1. The van der Waals surface area contributed by atoms with Crippen LogP contribution in [0.15, 0.2) is 10.6 Å². The highest BCUT2D eigenvalue weighted by molar-refractivity contribution is 5.85. The van der Waals surface area contributed by atoms with Gasteiger partial charge in [0.2, 0.25) is 5.91 Å². The molecule has 0 radical (unpaired) electrons. The summed E-state index contributed by atoms with van der Waals surface area (Å²) in [4.78, 5) is 15.9. The van der Waals surface area contributed by atoms with Gasteiger partial charge in [0, 0.05) is 32.2 Å². The highest BCUT2D eigenvalue weighted by Crippen LogP contribution is 2.05. The molecule has 0 aromatic carbocycles. The maximum atomic E-state index is 12.0. The van der Waals surface area contributed by atoms with E-state index >= 15 is 0 Å². The van der Waals surface area contributed by atoms with Crippen molar-refractivity contribution in [1.82, 2.24) is 20.3 Å². The summed E-state index contributed by atoms with van der Waals surface area (Å²) in [7, 11) is 1.91. The van der Waals surface area contributed by atoms with Gasteiger partial charge in [0.15, 0.2) is 5.76 Å². The molecule has 1 amide bonds. The number of likely N-dealkylation sites (N-methyl/N-ethyl adjacent to an activating group) is 1. The molecule has 0 bridgehead atoms. The monoisotopic (exact) mass is 288 g/mol. The van der Waals surface area contributed by atoms with E-state index in [0.29, 0.717) is 13.1 Å². The Balaban J connectivity index is 0.00000180. The predicted molar refractivity (Wildman–Crippen MR) is 74.3 cm³/mol. The quantitative estimate of drug-likeness (QED) is 0.862. The van der Waals surface area contributed by atoms with Gasteiger partial charge < -0.3 is 14.7 Å². The second-order valence-electron chi connectivity index (χ2n) is 4.74. The van der Waals surface area contributed by atoms with Crippen molar-refractivity contribution in [2.24, 2.45) is 0 Å². The lowest BCUT2D eigenvalue weighted by atomic mass is 10.3. The third-order valence-electron chi connectivity index (χ3n) is 2.98. The number of carbonyl (C=O) groups excluding carboxylic acids is 1. The molecule has 108 valence electrons. The summed E-state index contributed by atoms with van der Waals surface area (Å²) in [6.45, 7) is 6.28. The minimum atomic E-state index is 0. The summed E-state index contributed by atoms with van der Waals surface area (Å²) in [6, 6.07) is 1.89. The van der Waals surface area contributed by atoms with Crippen LogP contribution in [0.5, 0.6) is 0 Å². The first-order valence-corrected chi connectivity index (χ1v) is 6.24. The lowest BCUT2D eigenvalue weighted by molar-refractivity contribution is -0.132. The van der Waals surface area contributed by atoms with Gasteiger partial charge in [-0.15, -0.1) is 12.4 Å². The van der Waals surface area contributed by atoms with Crippen LogP contribution in [0, 0.1) is 6.92 Å². The number of nitrogens with one attached hydrogen (secondary N) is 1. The Kier molecular flexibility index (Phi) is 6.27. The Morgan fingerprint density at radius 1 is 1.53 bits per heavy atom. The topological polar surface area (TPSA) is 61.6 Å². The summed E-state index contributed by atoms with van der Waals surface area (Å²) in [5.74, 6) is 0.971. The number of aromatic nitrogens is 1. The van der Waals surface area contributed by atoms with Crippen molar-refractivity contribution in [1.29, 1.82) is 0 Å². The summed E-state index contributed by atoms with van der Waals surface area (Å²) in [5, 5.41) is 7.07. The molecule has 0 aliphatic carbocycles. The van der Waals surface area contributed by atoms with Gasteiger partial charge in [-0.2, -0.15) is 0 Å². The Hall–Kier alpha value is -1.11. The molecule has 6 nitrogen and oxygen atoms in total. The smallest absolute Gasteiger partial charge is 0.236 e. The van der Waals surface area contributed by atoms with Crippen molar-refractivity contribution in [3.8, 4) is 0 Å². The minimum Gasteiger partial charge on any atom is -0.360 e. The van der Waals surface area contributed by atoms with Crippen molar-refractivity contribution in [2.75, 3.05) is 39.8 Å². The van der Waals surface area contributed by atoms with Gasteiger partial charge in [0.05, 0.1) is 18.8 Å². The lowest BCUT2D eigenvalue weighted by Gasteiger charge is -2.29. The molecule has 0 atom stereocenters. The average molecular weight is 289 g/mol. The largest absolute Gasteiger partial charge is 0.360 e. The zero-order valence-corrected chi connectivity index (χ0v) is 12.2. The number of aryl methyl sites for hydroxylation is 1. The van der Waals surface area contributed by atoms with E-state index in [4.69, 9.17) is 4.52 Å².